The van der Waals surface area contributed by atoms with Crippen LogP contribution < -0.4 is 21.2 Å². The lowest BCUT2D eigenvalue weighted by atomic mass is 10.1. The fourth-order valence-electron chi connectivity index (χ4n) is 4.74. The third kappa shape index (κ3) is 5.24. The van der Waals surface area contributed by atoms with Crippen LogP contribution in [0, 0.1) is 0 Å². The molecule has 0 unspecified atom stereocenters. The van der Waals surface area contributed by atoms with Crippen molar-refractivity contribution in [2.24, 2.45) is 0 Å². The van der Waals surface area contributed by atoms with E-state index in [9.17, 15) is 0 Å². The van der Waals surface area contributed by atoms with E-state index in [0.29, 0.717) is 6.04 Å². The Kier molecular flexibility index (Phi) is 7.70. The van der Waals surface area contributed by atoms with Crippen LogP contribution in [0.25, 0.3) is 0 Å². The Morgan fingerprint density at radius 1 is 0.600 bits per heavy atom. The Morgan fingerprint density at radius 2 is 1.00 bits per heavy atom. The Morgan fingerprint density at radius 3 is 1.43 bits per heavy atom. The summed E-state index contributed by atoms with van der Waals surface area (Å²) in [5.41, 5.74) is 1.55. The molecule has 0 N–H and O–H groups in total. The van der Waals surface area contributed by atoms with Gasteiger partial charge in [0, 0.05) is 14.1 Å². The first-order valence-electron chi connectivity index (χ1n) is 12.2. The van der Waals surface area contributed by atoms with Crippen molar-refractivity contribution in [2.45, 2.75) is 19.4 Å². The minimum atomic E-state index is -0.636. The summed E-state index contributed by atoms with van der Waals surface area (Å²) < 4.78 is 2.62. The molecule has 0 aliphatic heterocycles. The van der Waals surface area contributed by atoms with E-state index in [-0.39, 0.29) is 0 Å². The number of likely N-dealkylation sites (N-methyl/N-ethyl adjacent to an activating group) is 1. The predicted octanol–water partition coefficient (Wildman–Crippen LogP) is 6.70. The number of allylic oxidation sites excluding steroid dienone is 3. The molecule has 1 aliphatic carbocycles. The van der Waals surface area contributed by atoms with Gasteiger partial charge in [-0.3, -0.25) is 4.67 Å². The lowest BCUT2D eigenvalue weighted by molar-refractivity contribution is 0.474. The zero-order chi connectivity index (χ0) is 24.0. The summed E-state index contributed by atoms with van der Waals surface area (Å²) in [6.45, 7) is 2.40. The second kappa shape index (κ2) is 11.3. The number of nitrogens with zero attached hydrogens (tertiary/aromatic N) is 1. The van der Waals surface area contributed by atoms with Crippen molar-refractivity contribution in [3.63, 3.8) is 0 Å². The lowest BCUT2D eigenvalue weighted by Gasteiger charge is -2.36. The molecule has 35 heavy (non-hydrogen) atoms. The number of hydrogen-bond acceptors (Lipinski definition) is 1. The van der Waals surface area contributed by atoms with E-state index in [4.69, 9.17) is 0 Å². The zero-order valence-corrected chi connectivity index (χ0v) is 22.1. The van der Waals surface area contributed by atoms with Gasteiger partial charge in [0.1, 0.15) is 0 Å². The molecule has 3 heteroatoms. The Hall–Kier alpha value is -2.82. The third-order valence-corrected chi connectivity index (χ3v) is 11.7. The van der Waals surface area contributed by atoms with E-state index in [1.807, 2.05) is 0 Å². The van der Waals surface area contributed by atoms with Crippen molar-refractivity contribution in [3.8, 4) is 0 Å². The second-order valence-electron chi connectivity index (χ2n) is 8.76. The van der Waals surface area contributed by atoms with Crippen LogP contribution in [0.1, 0.15) is 13.3 Å². The first kappa shape index (κ1) is 23.9. The molecule has 174 valence electrons. The average molecular weight is 492 g/mol. The average Bonchev–Trinajstić information content (AvgIpc) is 3.40. The lowest BCUT2D eigenvalue weighted by Crippen LogP contribution is -2.33. The minimum absolute atomic E-state index is 0.323. The van der Waals surface area contributed by atoms with E-state index in [0.717, 1.165) is 6.42 Å². The second-order valence-corrected chi connectivity index (χ2v) is 13.2. The van der Waals surface area contributed by atoms with Crippen molar-refractivity contribution >= 4 is 37.2 Å². The Balaban J connectivity index is 1.57. The maximum atomic E-state index is 2.62. The monoisotopic (exact) mass is 491 g/mol. The molecule has 1 aliphatic rings. The highest BCUT2D eigenvalue weighted by Crippen LogP contribution is 2.50. The summed E-state index contributed by atoms with van der Waals surface area (Å²) in [5.74, 6) is 0. The number of hydrogen-bond donors (Lipinski definition) is 0. The number of benzene rings is 4. The molecule has 0 spiro atoms. The molecule has 0 saturated carbocycles. The maximum absolute atomic E-state index is 2.62. The third-order valence-electron chi connectivity index (χ3n) is 6.59. The molecule has 0 fully saturated rings. The van der Waals surface area contributed by atoms with Crippen molar-refractivity contribution in [3.05, 3.63) is 144 Å². The summed E-state index contributed by atoms with van der Waals surface area (Å²) in [6.07, 6.45) is 5.79. The Bertz CT molecular complexity index is 1210. The van der Waals surface area contributed by atoms with E-state index in [2.05, 4.69) is 152 Å². The van der Waals surface area contributed by atoms with Crippen LogP contribution in [0.15, 0.2) is 144 Å². The van der Waals surface area contributed by atoms with E-state index in [1.54, 1.807) is 5.57 Å². The van der Waals surface area contributed by atoms with Crippen molar-refractivity contribution < 1.29 is 0 Å². The molecule has 4 aromatic carbocycles. The van der Waals surface area contributed by atoms with Crippen LogP contribution in [0.4, 0.5) is 0 Å². The van der Waals surface area contributed by atoms with Crippen LogP contribution in [-0.2, 0) is 0 Å². The van der Waals surface area contributed by atoms with Gasteiger partial charge < -0.3 is 0 Å². The number of rotatable bonds is 8. The zero-order valence-electron chi connectivity index (χ0n) is 20.3. The van der Waals surface area contributed by atoms with Crippen molar-refractivity contribution in [1.29, 1.82) is 0 Å². The molecule has 1 atom stereocenters. The molecule has 4 aromatic rings. The summed E-state index contributed by atoms with van der Waals surface area (Å²) >= 11 is 0. The largest absolute Gasteiger partial charge is 0.271 e. The van der Waals surface area contributed by atoms with Gasteiger partial charge in [0.25, 0.3) is 0 Å². The van der Waals surface area contributed by atoms with Gasteiger partial charge >= 0.3 is 0 Å². The van der Waals surface area contributed by atoms with Gasteiger partial charge in [0.05, 0.1) is 0 Å². The van der Waals surface area contributed by atoms with Gasteiger partial charge in [-0.1, -0.05) is 133 Å². The van der Waals surface area contributed by atoms with Crippen molar-refractivity contribution in [2.75, 3.05) is 7.05 Å². The molecule has 0 bridgehead atoms. The standard InChI is InChI=1S/C32H31NP2/c1-26(33(2)35(29-20-11-5-12-21-29)30-22-13-6-14-23-30)31-24-15-25-32(31)34(27-16-7-3-8-17-27)28-18-9-4-10-19-28/h3-23,25-26H,24H2,1-2H3/t26-/m1/s1. The fraction of sp³-hybridized carbons (Fsp3) is 0.125. The van der Waals surface area contributed by atoms with E-state index >= 15 is 0 Å². The molecular formula is C32H31NP2. The highest BCUT2D eigenvalue weighted by molar-refractivity contribution is 7.77. The molecule has 0 amide bonds. The smallest absolute Gasteiger partial charge is 0.0331 e. The SMILES string of the molecule is C[C@H](C1=C(P(c2ccccc2)c2ccccc2)C=CC1)N(C)P(c1ccccc1)c1ccccc1. The van der Waals surface area contributed by atoms with Gasteiger partial charge in [-0.2, -0.15) is 0 Å². The van der Waals surface area contributed by atoms with E-state index < -0.39 is 16.0 Å². The molecule has 0 saturated heterocycles. The van der Waals surface area contributed by atoms with Gasteiger partial charge in [-0.05, 0) is 60.4 Å². The minimum Gasteiger partial charge on any atom is -0.271 e. The topological polar surface area (TPSA) is 3.24 Å². The van der Waals surface area contributed by atoms with Crippen LogP contribution >= 0.6 is 16.0 Å². The molecule has 1 nitrogen and oxygen atoms in total. The molecule has 0 heterocycles. The molecule has 5 rings (SSSR count). The van der Waals surface area contributed by atoms with Crippen LogP contribution in [0.5, 0.6) is 0 Å². The van der Waals surface area contributed by atoms with Gasteiger partial charge in [0.2, 0.25) is 0 Å². The quantitative estimate of drug-likeness (QED) is 0.248. The van der Waals surface area contributed by atoms with Crippen LogP contribution in [0.2, 0.25) is 0 Å². The normalized spacial score (nSPS) is 14.3. The van der Waals surface area contributed by atoms with Gasteiger partial charge in [-0.15, -0.1) is 0 Å². The predicted molar refractivity (Wildman–Crippen MR) is 156 cm³/mol. The highest BCUT2D eigenvalue weighted by atomic mass is 31.1. The highest BCUT2D eigenvalue weighted by Gasteiger charge is 2.30. The molecule has 0 radical (unpaired) electrons. The van der Waals surface area contributed by atoms with Crippen LogP contribution in [0.3, 0.4) is 0 Å². The van der Waals surface area contributed by atoms with E-state index in [1.165, 1.54) is 26.5 Å². The molecular weight excluding hydrogens is 460 g/mol. The maximum Gasteiger partial charge on any atom is 0.0331 e. The summed E-state index contributed by atoms with van der Waals surface area (Å²) in [5, 5.41) is 7.12. The summed E-state index contributed by atoms with van der Waals surface area (Å²) in [7, 11) is 1.07. The Labute approximate surface area is 212 Å². The van der Waals surface area contributed by atoms with Gasteiger partial charge in [0.15, 0.2) is 0 Å². The summed E-state index contributed by atoms with van der Waals surface area (Å²) in [4.78, 5) is 0. The van der Waals surface area contributed by atoms with Crippen LogP contribution in [-0.4, -0.2) is 17.8 Å². The summed E-state index contributed by atoms with van der Waals surface area (Å²) in [6, 6.07) is 44.4. The van der Waals surface area contributed by atoms with Gasteiger partial charge in [-0.25, -0.2) is 0 Å². The first-order valence-corrected chi connectivity index (χ1v) is 14.8. The first-order chi connectivity index (χ1) is 17.2. The molecule has 0 aromatic heterocycles. The fourth-order valence-corrected chi connectivity index (χ4v) is 9.78. The van der Waals surface area contributed by atoms with Crippen molar-refractivity contribution in [1.82, 2.24) is 4.67 Å².